The van der Waals surface area contributed by atoms with Crippen LogP contribution in [0.3, 0.4) is 0 Å². The Balaban J connectivity index is 1.56. The monoisotopic (exact) mass is 444 g/mol. The van der Waals surface area contributed by atoms with Gasteiger partial charge in [0.25, 0.3) is 0 Å². The molecule has 2 aromatic rings. The summed E-state index contributed by atoms with van der Waals surface area (Å²) < 4.78 is 39.5. The van der Waals surface area contributed by atoms with Crippen LogP contribution in [0.2, 0.25) is 0 Å². The number of hydrogen-bond acceptors (Lipinski definition) is 2. The van der Waals surface area contributed by atoms with Crippen LogP contribution in [0.5, 0.6) is 0 Å². The first-order valence-corrected chi connectivity index (χ1v) is 11.4. The molecule has 1 heterocycles. The van der Waals surface area contributed by atoms with Crippen molar-refractivity contribution in [3.05, 3.63) is 65.0 Å². The van der Waals surface area contributed by atoms with Crippen LogP contribution in [-0.4, -0.2) is 25.0 Å². The first-order chi connectivity index (χ1) is 15.4. The molecule has 1 N–H and O–H groups in total. The van der Waals surface area contributed by atoms with Crippen molar-refractivity contribution in [2.24, 2.45) is 0 Å². The molecule has 0 radical (unpaired) electrons. The van der Waals surface area contributed by atoms with Crippen LogP contribution in [-0.2, 0) is 11.0 Å². The lowest BCUT2D eigenvalue weighted by atomic mass is 9.95. The molecule has 2 aliphatic rings. The van der Waals surface area contributed by atoms with Crippen molar-refractivity contribution in [3.8, 4) is 0 Å². The summed E-state index contributed by atoms with van der Waals surface area (Å²) in [5.74, 6) is -0.261. The Bertz CT molecular complexity index is 901. The Kier molecular flexibility index (Phi) is 6.92. The van der Waals surface area contributed by atoms with Gasteiger partial charge in [-0.1, -0.05) is 61.2 Å². The van der Waals surface area contributed by atoms with Gasteiger partial charge in [0.1, 0.15) is 0 Å². The van der Waals surface area contributed by atoms with Gasteiger partial charge >= 0.3 is 6.18 Å². The third-order valence-corrected chi connectivity index (χ3v) is 6.33. The van der Waals surface area contributed by atoms with Gasteiger partial charge in [-0.2, -0.15) is 13.2 Å². The molecular weight excluding hydrogens is 415 g/mol. The molecular formula is C25H29F3N3O-. The molecule has 1 saturated carbocycles. The Hall–Kier alpha value is -2.70. The van der Waals surface area contributed by atoms with E-state index in [0.29, 0.717) is 5.56 Å². The molecule has 7 heteroatoms. The second-order valence-electron chi connectivity index (χ2n) is 8.71. The lowest BCUT2D eigenvalue weighted by molar-refractivity contribution is -0.137. The minimum atomic E-state index is -4.46. The standard InChI is InChI=1S/C25H29F3N3O/c26-25(27,28)19-7-6-10-21(17-19)29-23(24(32)30-20-8-2-1-3-9-20)18-11-13-22(14-12-18)31-15-4-5-16-31/h6-7,10-14,17,20,23H,1-5,8-9,15-16H2,(H,30,32)/q-1. The van der Waals surface area contributed by atoms with Gasteiger partial charge < -0.3 is 15.5 Å². The van der Waals surface area contributed by atoms with Crippen molar-refractivity contribution in [1.82, 2.24) is 5.32 Å². The number of alkyl halides is 3. The minimum Gasteiger partial charge on any atom is -0.670 e. The van der Waals surface area contributed by atoms with Crippen molar-refractivity contribution < 1.29 is 18.0 Å². The fraction of sp³-hybridized carbons (Fsp3) is 0.480. The molecule has 1 aliphatic heterocycles. The van der Waals surface area contributed by atoms with Crippen LogP contribution in [0.15, 0.2) is 48.5 Å². The van der Waals surface area contributed by atoms with Crippen LogP contribution in [0, 0.1) is 0 Å². The third kappa shape index (κ3) is 5.56. The molecule has 4 rings (SSSR count). The van der Waals surface area contributed by atoms with Crippen LogP contribution < -0.4 is 10.2 Å². The van der Waals surface area contributed by atoms with E-state index in [2.05, 4.69) is 15.5 Å². The van der Waals surface area contributed by atoms with Crippen LogP contribution >= 0.6 is 0 Å². The summed E-state index contributed by atoms with van der Waals surface area (Å²) in [5.41, 5.74) is 1.15. The average molecular weight is 445 g/mol. The number of halogens is 3. The maximum atomic E-state index is 13.2. The molecule has 2 fully saturated rings. The molecule has 1 unspecified atom stereocenters. The first kappa shape index (κ1) is 22.5. The van der Waals surface area contributed by atoms with E-state index in [9.17, 15) is 18.0 Å². The minimum absolute atomic E-state index is 0.0966. The summed E-state index contributed by atoms with van der Waals surface area (Å²) >= 11 is 0. The molecule has 1 saturated heterocycles. The number of benzene rings is 2. The summed E-state index contributed by atoms with van der Waals surface area (Å²) in [6.45, 7) is 2.03. The second kappa shape index (κ2) is 9.84. The molecule has 2 aromatic carbocycles. The summed E-state index contributed by atoms with van der Waals surface area (Å²) in [7, 11) is 0. The van der Waals surface area contributed by atoms with E-state index >= 15 is 0 Å². The number of nitrogens with zero attached hydrogens (tertiary/aromatic N) is 2. The van der Waals surface area contributed by atoms with Gasteiger partial charge in [-0.3, -0.25) is 4.79 Å². The van der Waals surface area contributed by atoms with E-state index in [1.54, 1.807) is 0 Å². The SMILES string of the molecule is O=C(NC1CCCCC1)C([N-]c1cccc(C(F)(F)F)c1)c1ccc(N2CCCC2)cc1. The molecule has 0 spiro atoms. The fourth-order valence-corrected chi connectivity index (χ4v) is 4.57. The predicted octanol–water partition coefficient (Wildman–Crippen LogP) is 6.50. The van der Waals surface area contributed by atoms with Crippen molar-refractivity contribution in [2.45, 2.75) is 63.2 Å². The molecule has 1 aliphatic carbocycles. The highest BCUT2D eigenvalue weighted by atomic mass is 19.4. The molecule has 0 bridgehead atoms. The maximum absolute atomic E-state index is 13.2. The first-order valence-electron chi connectivity index (χ1n) is 11.4. The second-order valence-corrected chi connectivity index (χ2v) is 8.71. The number of rotatable bonds is 6. The van der Waals surface area contributed by atoms with Crippen molar-refractivity contribution in [3.63, 3.8) is 0 Å². The summed E-state index contributed by atoms with van der Waals surface area (Å²) in [6.07, 6.45) is 3.05. The van der Waals surface area contributed by atoms with Crippen LogP contribution in [0.25, 0.3) is 5.32 Å². The number of carbonyl (C=O) groups excluding carboxylic acids is 1. The quantitative estimate of drug-likeness (QED) is 0.553. The molecule has 1 amide bonds. The lowest BCUT2D eigenvalue weighted by Crippen LogP contribution is -2.38. The Labute approximate surface area is 187 Å². The molecule has 1 atom stereocenters. The third-order valence-electron chi connectivity index (χ3n) is 6.33. The number of hydrogen-bond donors (Lipinski definition) is 1. The summed E-state index contributed by atoms with van der Waals surface area (Å²) in [5, 5.41) is 7.56. The number of amides is 1. The highest BCUT2D eigenvalue weighted by molar-refractivity contribution is 5.88. The van der Waals surface area contributed by atoms with E-state index < -0.39 is 17.8 Å². The number of carbonyl (C=O) groups is 1. The smallest absolute Gasteiger partial charge is 0.416 e. The Morgan fingerprint density at radius 1 is 0.969 bits per heavy atom. The maximum Gasteiger partial charge on any atom is 0.416 e. The van der Waals surface area contributed by atoms with Crippen molar-refractivity contribution >= 4 is 17.3 Å². The van der Waals surface area contributed by atoms with Gasteiger partial charge in [-0.15, -0.1) is 5.69 Å². The average Bonchev–Trinajstić information content (AvgIpc) is 3.33. The highest BCUT2D eigenvalue weighted by Gasteiger charge is 2.30. The van der Waals surface area contributed by atoms with E-state index in [0.717, 1.165) is 56.6 Å². The van der Waals surface area contributed by atoms with Crippen LogP contribution in [0.4, 0.5) is 24.5 Å². The van der Waals surface area contributed by atoms with Gasteiger partial charge in [0.2, 0.25) is 5.91 Å². The van der Waals surface area contributed by atoms with E-state index in [-0.39, 0.29) is 17.6 Å². The Morgan fingerprint density at radius 3 is 2.31 bits per heavy atom. The zero-order valence-electron chi connectivity index (χ0n) is 18.1. The van der Waals surface area contributed by atoms with Crippen molar-refractivity contribution in [2.75, 3.05) is 18.0 Å². The van der Waals surface area contributed by atoms with Gasteiger partial charge in [-0.25, -0.2) is 0 Å². The predicted molar refractivity (Wildman–Crippen MR) is 120 cm³/mol. The molecule has 172 valence electrons. The topological polar surface area (TPSA) is 46.4 Å². The zero-order valence-corrected chi connectivity index (χ0v) is 18.1. The van der Waals surface area contributed by atoms with Gasteiger partial charge in [-0.05, 0) is 43.9 Å². The highest BCUT2D eigenvalue weighted by Crippen LogP contribution is 2.37. The van der Waals surface area contributed by atoms with Gasteiger partial charge in [0, 0.05) is 24.8 Å². The molecule has 32 heavy (non-hydrogen) atoms. The largest absolute Gasteiger partial charge is 0.670 e. The number of anilines is 1. The summed E-state index contributed by atoms with van der Waals surface area (Å²) in [4.78, 5) is 15.5. The zero-order chi connectivity index (χ0) is 22.6. The van der Waals surface area contributed by atoms with Crippen molar-refractivity contribution in [1.29, 1.82) is 0 Å². The van der Waals surface area contributed by atoms with E-state index in [1.165, 1.54) is 31.4 Å². The van der Waals surface area contributed by atoms with Crippen LogP contribution in [0.1, 0.15) is 62.1 Å². The summed E-state index contributed by atoms with van der Waals surface area (Å²) in [6, 6.07) is 11.7. The molecule has 4 nitrogen and oxygen atoms in total. The normalized spacial score (nSPS) is 18.4. The van der Waals surface area contributed by atoms with Gasteiger partial charge in [0.05, 0.1) is 5.56 Å². The molecule has 0 aromatic heterocycles. The van der Waals surface area contributed by atoms with Gasteiger partial charge in [0.15, 0.2) is 0 Å². The van der Waals surface area contributed by atoms with E-state index in [4.69, 9.17) is 0 Å². The Morgan fingerprint density at radius 2 is 1.66 bits per heavy atom. The fourth-order valence-electron chi connectivity index (χ4n) is 4.57. The van der Waals surface area contributed by atoms with E-state index in [1.807, 2.05) is 24.3 Å². The number of nitrogens with one attached hydrogen (secondary N) is 1. The lowest BCUT2D eigenvalue weighted by Gasteiger charge is -2.35.